The van der Waals surface area contributed by atoms with Gasteiger partial charge in [-0.3, -0.25) is 0 Å². The Morgan fingerprint density at radius 2 is 2.07 bits per heavy atom. The van der Waals surface area contributed by atoms with E-state index in [-0.39, 0.29) is 11.4 Å². The van der Waals surface area contributed by atoms with Crippen LogP contribution in [0.3, 0.4) is 0 Å². The molecule has 0 spiro atoms. The van der Waals surface area contributed by atoms with Gasteiger partial charge in [0.05, 0.1) is 12.0 Å². The maximum atomic E-state index is 6.15. The van der Waals surface area contributed by atoms with Crippen LogP contribution < -0.4 is 11.1 Å². The average molecular weight is 227 g/mol. The number of nitrogens with one attached hydrogen (secondary N) is 1. The third kappa shape index (κ3) is 2.76. The van der Waals surface area contributed by atoms with Crippen molar-refractivity contribution < 1.29 is 4.74 Å². The Morgan fingerprint density at radius 1 is 1.33 bits per heavy atom. The fourth-order valence-corrected chi connectivity index (χ4v) is 1.94. The van der Waals surface area contributed by atoms with Gasteiger partial charge in [0.2, 0.25) is 0 Å². The summed E-state index contributed by atoms with van der Waals surface area (Å²) in [5.41, 5.74) is 7.44. The van der Waals surface area contributed by atoms with Crippen LogP contribution in [0.15, 0.2) is 24.3 Å². The summed E-state index contributed by atoms with van der Waals surface area (Å²) < 4.78 is 5.28. The molecule has 0 aromatic heterocycles. The molecule has 0 bridgehead atoms. The molecule has 2 rings (SSSR count). The van der Waals surface area contributed by atoms with E-state index in [1.807, 2.05) is 24.3 Å². The normalized spacial score (nSPS) is 26.2. The predicted octanol–water partition coefficient (Wildman–Crippen LogP) is 2.08. The Hall–Kier alpha value is -0.930. The molecule has 1 aromatic rings. The molecule has 82 valence electrons. The fourth-order valence-electron chi connectivity index (χ4n) is 1.66. The molecule has 2 atom stereocenters. The number of ether oxygens (including phenoxy) is 1. The number of hydrogen-bond donors (Lipinski definition) is 2. The molecule has 1 aliphatic heterocycles. The zero-order valence-electron chi connectivity index (χ0n) is 8.45. The standard InChI is InChI=1S/C11H15ClN2O/c12-10-7-15-6-5-11(10)14-9-3-1-8(13)2-4-9/h1-4,10-11,14H,5-7,13H2. The zero-order valence-corrected chi connectivity index (χ0v) is 9.20. The summed E-state index contributed by atoms with van der Waals surface area (Å²) in [5, 5.41) is 3.43. The highest BCUT2D eigenvalue weighted by Crippen LogP contribution is 2.19. The van der Waals surface area contributed by atoms with Crippen LogP contribution in [0.2, 0.25) is 0 Å². The van der Waals surface area contributed by atoms with Crippen LogP contribution in [0.1, 0.15) is 6.42 Å². The van der Waals surface area contributed by atoms with Crippen molar-refractivity contribution in [2.24, 2.45) is 0 Å². The number of halogens is 1. The highest BCUT2D eigenvalue weighted by Gasteiger charge is 2.23. The van der Waals surface area contributed by atoms with Gasteiger partial charge in [0, 0.05) is 24.0 Å². The van der Waals surface area contributed by atoms with Crippen molar-refractivity contribution in [1.29, 1.82) is 0 Å². The van der Waals surface area contributed by atoms with Crippen LogP contribution in [0.4, 0.5) is 11.4 Å². The van der Waals surface area contributed by atoms with Gasteiger partial charge in [0.1, 0.15) is 0 Å². The van der Waals surface area contributed by atoms with Gasteiger partial charge < -0.3 is 15.8 Å². The van der Waals surface area contributed by atoms with E-state index in [4.69, 9.17) is 22.1 Å². The summed E-state index contributed by atoms with van der Waals surface area (Å²) in [6, 6.07) is 7.97. The Kier molecular flexibility index (Phi) is 3.34. The molecule has 1 aromatic carbocycles. The zero-order chi connectivity index (χ0) is 10.7. The SMILES string of the molecule is Nc1ccc(NC2CCOCC2Cl)cc1. The molecule has 3 nitrogen and oxygen atoms in total. The second-order valence-corrected chi connectivity index (χ2v) is 4.31. The minimum atomic E-state index is 0.0382. The van der Waals surface area contributed by atoms with Gasteiger partial charge in [-0.25, -0.2) is 0 Å². The summed E-state index contributed by atoms with van der Waals surface area (Å²) in [6.45, 7) is 1.39. The van der Waals surface area contributed by atoms with Crippen LogP contribution >= 0.6 is 11.6 Å². The maximum absolute atomic E-state index is 6.15. The molecule has 0 amide bonds. The number of nitrogens with two attached hydrogens (primary N) is 1. The first-order valence-corrected chi connectivity index (χ1v) is 5.53. The molecule has 1 heterocycles. The lowest BCUT2D eigenvalue weighted by atomic mass is 10.1. The molecule has 2 unspecified atom stereocenters. The third-order valence-corrected chi connectivity index (χ3v) is 2.98. The summed E-state index contributed by atoms with van der Waals surface area (Å²) in [4.78, 5) is 0. The molecule has 4 heteroatoms. The first-order chi connectivity index (χ1) is 7.25. The topological polar surface area (TPSA) is 47.3 Å². The first-order valence-electron chi connectivity index (χ1n) is 5.09. The molecule has 15 heavy (non-hydrogen) atoms. The number of benzene rings is 1. The molecule has 3 N–H and O–H groups in total. The van der Waals surface area contributed by atoms with Crippen molar-refractivity contribution in [3.05, 3.63) is 24.3 Å². The van der Waals surface area contributed by atoms with Crippen molar-refractivity contribution in [2.75, 3.05) is 24.3 Å². The molecule has 1 saturated heterocycles. The van der Waals surface area contributed by atoms with E-state index in [0.717, 1.165) is 24.4 Å². The van der Waals surface area contributed by atoms with Gasteiger partial charge in [-0.15, -0.1) is 11.6 Å². The average Bonchev–Trinajstić information content (AvgIpc) is 2.25. The van der Waals surface area contributed by atoms with Gasteiger partial charge in [-0.05, 0) is 30.7 Å². The minimum Gasteiger partial charge on any atom is -0.399 e. The lowest BCUT2D eigenvalue weighted by molar-refractivity contribution is 0.0935. The molecule has 1 aliphatic rings. The molecule has 0 saturated carbocycles. The van der Waals surface area contributed by atoms with Crippen molar-refractivity contribution >= 4 is 23.0 Å². The Morgan fingerprint density at radius 3 is 2.73 bits per heavy atom. The van der Waals surface area contributed by atoms with Crippen molar-refractivity contribution in [2.45, 2.75) is 17.8 Å². The van der Waals surface area contributed by atoms with E-state index in [1.54, 1.807) is 0 Å². The fraction of sp³-hybridized carbons (Fsp3) is 0.455. The quantitative estimate of drug-likeness (QED) is 0.600. The van der Waals surface area contributed by atoms with E-state index in [1.165, 1.54) is 0 Å². The van der Waals surface area contributed by atoms with Crippen molar-refractivity contribution in [3.8, 4) is 0 Å². The van der Waals surface area contributed by atoms with Crippen LogP contribution in [0, 0.1) is 0 Å². The van der Waals surface area contributed by atoms with Gasteiger partial charge in [0.25, 0.3) is 0 Å². The molecule has 1 fully saturated rings. The minimum absolute atomic E-state index is 0.0382. The second kappa shape index (κ2) is 4.73. The van der Waals surface area contributed by atoms with E-state index in [2.05, 4.69) is 5.32 Å². The number of rotatable bonds is 2. The first kappa shape index (κ1) is 10.6. The smallest absolute Gasteiger partial charge is 0.0771 e. The summed E-state index contributed by atoms with van der Waals surface area (Å²) in [6.07, 6.45) is 0.943. The summed E-state index contributed by atoms with van der Waals surface area (Å²) >= 11 is 6.15. The van der Waals surface area contributed by atoms with Crippen LogP contribution in [0.25, 0.3) is 0 Å². The van der Waals surface area contributed by atoms with Crippen LogP contribution in [-0.4, -0.2) is 24.6 Å². The van der Waals surface area contributed by atoms with E-state index < -0.39 is 0 Å². The highest BCUT2D eigenvalue weighted by molar-refractivity contribution is 6.21. The molecule has 0 aliphatic carbocycles. The Bertz CT molecular complexity index is 315. The van der Waals surface area contributed by atoms with Gasteiger partial charge in [-0.1, -0.05) is 0 Å². The monoisotopic (exact) mass is 226 g/mol. The number of anilines is 2. The van der Waals surface area contributed by atoms with E-state index in [9.17, 15) is 0 Å². The second-order valence-electron chi connectivity index (χ2n) is 3.75. The van der Waals surface area contributed by atoms with E-state index in [0.29, 0.717) is 6.61 Å². The van der Waals surface area contributed by atoms with Crippen LogP contribution in [0.5, 0.6) is 0 Å². The third-order valence-electron chi connectivity index (χ3n) is 2.55. The molecular formula is C11H15ClN2O. The van der Waals surface area contributed by atoms with Gasteiger partial charge >= 0.3 is 0 Å². The lowest BCUT2D eigenvalue weighted by Gasteiger charge is -2.28. The largest absolute Gasteiger partial charge is 0.399 e. The number of nitrogen functional groups attached to an aromatic ring is 1. The van der Waals surface area contributed by atoms with Gasteiger partial charge in [0.15, 0.2) is 0 Å². The Labute approximate surface area is 94.6 Å². The maximum Gasteiger partial charge on any atom is 0.0771 e. The van der Waals surface area contributed by atoms with Crippen molar-refractivity contribution in [3.63, 3.8) is 0 Å². The molecular weight excluding hydrogens is 212 g/mol. The lowest BCUT2D eigenvalue weighted by Crippen LogP contribution is -2.38. The summed E-state index contributed by atoms with van der Waals surface area (Å²) in [5.74, 6) is 0. The number of hydrogen-bond acceptors (Lipinski definition) is 3. The van der Waals surface area contributed by atoms with Gasteiger partial charge in [-0.2, -0.15) is 0 Å². The highest BCUT2D eigenvalue weighted by atomic mass is 35.5. The predicted molar refractivity (Wildman–Crippen MR) is 63.3 cm³/mol. The Balaban J connectivity index is 1.98. The van der Waals surface area contributed by atoms with Crippen molar-refractivity contribution in [1.82, 2.24) is 0 Å². The molecule has 0 radical (unpaired) electrons. The van der Waals surface area contributed by atoms with E-state index >= 15 is 0 Å². The summed E-state index contributed by atoms with van der Waals surface area (Å²) in [7, 11) is 0. The van der Waals surface area contributed by atoms with Crippen LogP contribution in [-0.2, 0) is 4.74 Å². The number of alkyl halides is 1.